The number of carbonyl (C=O) groups excluding carboxylic acids is 1. The van der Waals surface area contributed by atoms with Gasteiger partial charge in [-0.1, -0.05) is 31.0 Å². The van der Waals surface area contributed by atoms with Crippen LogP contribution in [-0.4, -0.2) is 33.2 Å². The van der Waals surface area contributed by atoms with Crippen molar-refractivity contribution in [1.82, 2.24) is 14.7 Å². The lowest BCUT2D eigenvalue weighted by atomic mass is 9.85. The molecule has 0 bridgehead atoms. The molecular formula is C17H21N3O. The normalized spacial score (nSPS) is 25.2. The van der Waals surface area contributed by atoms with Gasteiger partial charge in [0.2, 0.25) is 5.91 Å². The van der Waals surface area contributed by atoms with Crippen LogP contribution in [0, 0.1) is 5.92 Å². The lowest BCUT2D eigenvalue weighted by Crippen LogP contribution is -2.41. The molecule has 1 saturated carbocycles. The van der Waals surface area contributed by atoms with E-state index in [1.54, 1.807) is 0 Å². The second-order valence-electron chi connectivity index (χ2n) is 6.35. The summed E-state index contributed by atoms with van der Waals surface area (Å²) in [7, 11) is 0. The number of aromatic nitrogens is 2. The van der Waals surface area contributed by atoms with Gasteiger partial charge in [-0.25, -0.2) is 0 Å². The van der Waals surface area contributed by atoms with Gasteiger partial charge in [-0.3, -0.25) is 9.48 Å². The molecule has 2 aromatic rings. The third kappa shape index (κ3) is 2.23. The molecule has 0 unspecified atom stereocenters. The van der Waals surface area contributed by atoms with E-state index in [2.05, 4.69) is 10.00 Å². The highest BCUT2D eigenvalue weighted by Gasteiger charge is 2.38. The second kappa shape index (κ2) is 5.17. The van der Waals surface area contributed by atoms with Crippen molar-refractivity contribution in [3.8, 4) is 0 Å². The monoisotopic (exact) mass is 283 g/mol. The molecule has 21 heavy (non-hydrogen) atoms. The zero-order valence-corrected chi connectivity index (χ0v) is 12.2. The highest BCUT2D eigenvalue weighted by atomic mass is 16.2. The van der Waals surface area contributed by atoms with Gasteiger partial charge in [0.25, 0.3) is 0 Å². The Balaban J connectivity index is 1.53. The number of hydrogen-bond donors (Lipinski definition) is 0. The Kier molecular flexibility index (Phi) is 3.17. The maximum Gasteiger partial charge on any atom is 0.244 e. The second-order valence-corrected chi connectivity index (χ2v) is 6.35. The number of hydrogen-bond acceptors (Lipinski definition) is 2. The Morgan fingerprint density at radius 3 is 3.00 bits per heavy atom. The van der Waals surface area contributed by atoms with Crippen LogP contribution in [0.2, 0.25) is 0 Å². The molecule has 2 atom stereocenters. The molecule has 1 aromatic carbocycles. The summed E-state index contributed by atoms with van der Waals surface area (Å²) in [6, 6.07) is 8.56. The molecule has 1 aliphatic heterocycles. The van der Waals surface area contributed by atoms with Crippen molar-refractivity contribution in [2.24, 2.45) is 5.92 Å². The highest BCUT2D eigenvalue weighted by molar-refractivity contribution is 5.82. The smallest absolute Gasteiger partial charge is 0.244 e. The van der Waals surface area contributed by atoms with E-state index in [4.69, 9.17) is 0 Å². The summed E-state index contributed by atoms with van der Waals surface area (Å²) in [5, 5.41) is 5.48. The SMILES string of the molecule is O=C(Cn1ncc2ccccc21)N1CC[C@H]2CCCC[C@@H]21. The maximum atomic E-state index is 12.7. The third-order valence-electron chi connectivity index (χ3n) is 5.17. The van der Waals surface area contributed by atoms with Gasteiger partial charge in [0, 0.05) is 18.0 Å². The van der Waals surface area contributed by atoms with Crippen molar-refractivity contribution in [2.75, 3.05) is 6.54 Å². The van der Waals surface area contributed by atoms with Crippen molar-refractivity contribution in [1.29, 1.82) is 0 Å². The quantitative estimate of drug-likeness (QED) is 0.850. The number of carbonyl (C=O) groups is 1. The predicted molar refractivity (Wildman–Crippen MR) is 81.8 cm³/mol. The minimum atomic E-state index is 0.234. The first-order valence-corrected chi connectivity index (χ1v) is 8.03. The molecule has 2 heterocycles. The number of amides is 1. The largest absolute Gasteiger partial charge is 0.338 e. The van der Waals surface area contributed by atoms with Crippen LogP contribution in [0.25, 0.3) is 10.9 Å². The molecule has 110 valence electrons. The molecule has 1 saturated heterocycles. The lowest BCUT2D eigenvalue weighted by Gasteiger charge is -2.31. The highest BCUT2D eigenvalue weighted by Crippen LogP contribution is 2.36. The summed E-state index contributed by atoms with van der Waals surface area (Å²) in [6.45, 7) is 1.31. The van der Waals surface area contributed by atoms with Crippen LogP contribution in [0.4, 0.5) is 0 Å². The van der Waals surface area contributed by atoms with Crippen LogP contribution in [0.5, 0.6) is 0 Å². The van der Waals surface area contributed by atoms with Gasteiger partial charge < -0.3 is 4.90 Å². The van der Waals surface area contributed by atoms with Gasteiger partial charge in [0.1, 0.15) is 6.54 Å². The molecular weight excluding hydrogens is 262 g/mol. The molecule has 1 aromatic heterocycles. The van der Waals surface area contributed by atoms with Gasteiger partial charge in [0.05, 0.1) is 11.7 Å². The van der Waals surface area contributed by atoms with Crippen molar-refractivity contribution in [2.45, 2.75) is 44.7 Å². The number of benzene rings is 1. The minimum absolute atomic E-state index is 0.234. The molecule has 4 nitrogen and oxygen atoms in total. The summed E-state index contributed by atoms with van der Waals surface area (Å²) in [5.74, 6) is 0.982. The van der Waals surface area contributed by atoms with Crippen LogP contribution >= 0.6 is 0 Å². The Bertz CT molecular complexity index is 663. The van der Waals surface area contributed by atoms with Crippen LogP contribution in [0.1, 0.15) is 32.1 Å². The zero-order chi connectivity index (χ0) is 14.2. The fraction of sp³-hybridized carbons (Fsp3) is 0.529. The van der Waals surface area contributed by atoms with Crippen LogP contribution in [0.15, 0.2) is 30.5 Å². The number of para-hydroxylation sites is 1. The summed E-state index contributed by atoms with van der Waals surface area (Å²) >= 11 is 0. The molecule has 0 spiro atoms. The van der Waals surface area contributed by atoms with Crippen LogP contribution < -0.4 is 0 Å². The van der Waals surface area contributed by atoms with Crippen molar-refractivity contribution in [3.05, 3.63) is 30.5 Å². The maximum absolute atomic E-state index is 12.7. The molecule has 1 aliphatic carbocycles. The Labute approximate surface area is 124 Å². The minimum Gasteiger partial charge on any atom is -0.338 e. The third-order valence-corrected chi connectivity index (χ3v) is 5.17. The molecule has 2 fully saturated rings. The fourth-order valence-electron chi connectivity index (χ4n) is 4.09. The van der Waals surface area contributed by atoms with E-state index in [1.807, 2.05) is 35.1 Å². The molecule has 0 N–H and O–H groups in total. The van der Waals surface area contributed by atoms with Gasteiger partial charge in [-0.05, 0) is 31.2 Å². The zero-order valence-electron chi connectivity index (χ0n) is 12.2. The van der Waals surface area contributed by atoms with E-state index in [-0.39, 0.29) is 5.91 Å². The van der Waals surface area contributed by atoms with Crippen molar-refractivity contribution < 1.29 is 4.79 Å². The van der Waals surface area contributed by atoms with Gasteiger partial charge in [-0.2, -0.15) is 5.10 Å². The first-order chi connectivity index (χ1) is 10.3. The van der Waals surface area contributed by atoms with Crippen molar-refractivity contribution in [3.63, 3.8) is 0 Å². The van der Waals surface area contributed by atoms with Crippen LogP contribution in [-0.2, 0) is 11.3 Å². The van der Waals surface area contributed by atoms with E-state index >= 15 is 0 Å². The Morgan fingerprint density at radius 2 is 2.05 bits per heavy atom. The van der Waals surface area contributed by atoms with Crippen molar-refractivity contribution >= 4 is 16.8 Å². The first-order valence-electron chi connectivity index (χ1n) is 8.03. The number of nitrogens with zero attached hydrogens (tertiary/aromatic N) is 3. The summed E-state index contributed by atoms with van der Waals surface area (Å²) in [4.78, 5) is 14.8. The molecule has 4 rings (SSSR count). The molecule has 4 heteroatoms. The lowest BCUT2D eigenvalue weighted by molar-refractivity contribution is -0.133. The van der Waals surface area contributed by atoms with Gasteiger partial charge in [0.15, 0.2) is 0 Å². The van der Waals surface area contributed by atoms with Crippen LogP contribution in [0.3, 0.4) is 0 Å². The molecule has 1 amide bonds. The number of likely N-dealkylation sites (tertiary alicyclic amines) is 1. The standard InChI is InChI=1S/C17H21N3O/c21-17(19-10-9-13-5-1-3-7-15(13)19)12-20-16-8-4-2-6-14(16)11-18-20/h2,4,6,8,11,13,15H,1,3,5,7,9-10,12H2/t13-,15+/m1/s1. The summed E-state index contributed by atoms with van der Waals surface area (Å²) in [6.07, 6.45) is 8.14. The summed E-state index contributed by atoms with van der Waals surface area (Å²) in [5.41, 5.74) is 1.05. The fourth-order valence-corrected chi connectivity index (χ4v) is 4.09. The summed E-state index contributed by atoms with van der Waals surface area (Å²) < 4.78 is 1.84. The van der Waals surface area contributed by atoms with E-state index in [1.165, 1.54) is 32.1 Å². The topological polar surface area (TPSA) is 38.1 Å². The molecule has 0 radical (unpaired) electrons. The van der Waals surface area contributed by atoms with E-state index in [9.17, 15) is 4.79 Å². The Hall–Kier alpha value is -1.84. The number of fused-ring (bicyclic) bond motifs is 2. The average Bonchev–Trinajstić information content (AvgIpc) is 3.12. The predicted octanol–water partition coefficient (Wildman–Crippen LogP) is 2.83. The first kappa shape index (κ1) is 12.9. The average molecular weight is 283 g/mol. The molecule has 2 aliphatic rings. The van der Waals surface area contributed by atoms with E-state index < -0.39 is 0 Å². The van der Waals surface area contributed by atoms with E-state index in [0.717, 1.165) is 23.4 Å². The van der Waals surface area contributed by atoms with E-state index in [0.29, 0.717) is 12.6 Å². The number of rotatable bonds is 2. The van der Waals surface area contributed by atoms with Gasteiger partial charge >= 0.3 is 0 Å². The van der Waals surface area contributed by atoms with Gasteiger partial charge in [-0.15, -0.1) is 0 Å². The Morgan fingerprint density at radius 1 is 1.19 bits per heavy atom.